The normalized spacial score (nSPS) is 12.7. The average Bonchev–Trinajstić information content (AvgIpc) is 2.35. The number of methoxy groups -OCH3 is 1. The fraction of sp³-hybridized carbons (Fsp3) is 0.300. The number of hydrazone groups is 1. The van der Waals surface area contributed by atoms with Gasteiger partial charge in [0.15, 0.2) is 0 Å². The van der Waals surface area contributed by atoms with Crippen molar-refractivity contribution < 1.29 is 9.84 Å². The summed E-state index contributed by atoms with van der Waals surface area (Å²) in [4.78, 5) is 8.15. The summed E-state index contributed by atoms with van der Waals surface area (Å²) in [5.74, 6) is 5.62. The van der Waals surface area contributed by atoms with E-state index in [1.54, 1.807) is 19.1 Å². The predicted molar refractivity (Wildman–Crippen MR) is 62.3 cm³/mol. The van der Waals surface area contributed by atoms with Crippen molar-refractivity contribution in [2.75, 3.05) is 13.7 Å². The maximum absolute atomic E-state index is 9.08. The van der Waals surface area contributed by atoms with Crippen molar-refractivity contribution in [1.82, 2.24) is 4.98 Å². The van der Waals surface area contributed by atoms with Gasteiger partial charge in [0.05, 0.1) is 37.0 Å². The van der Waals surface area contributed by atoms with Gasteiger partial charge >= 0.3 is 0 Å². The lowest BCUT2D eigenvalue weighted by molar-refractivity contribution is 0.359. The van der Waals surface area contributed by atoms with Gasteiger partial charge in [-0.1, -0.05) is 0 Å². The van der Waals surface area contributed by atoms with Gasteiger partial charge in [-0.2, -0.15) is 5.10 Å². The molecule has 0 amide bonds. The molecule has 0 aliphatic rings. The molecule has 0 spiro atoms. The van der Waals surface area contributed by atoms with Crippen LogP contribution in [0.3, 0.4) is 0 Å². The highest BCUT2D eigenvalue weighted by Crippen LogP contribution is 2.14. The quantitative estimate of drug-likeness (QED) is 0.440. The largest absolute Gasteiger partial charge is 0.481 e. The summed E-state index contributed by atoms with van der Waals surface area (Å²) in [6, 6.07) is 3.41. The second kappa shape index (κ2) is 5.82. The van der Waals surface area contributed by atoms with Gasteiger partial charge in [0, 0.05) is 6.07 Å². The third kappa shape index (κ3) is 3.03. The summed E-state index contributed by atoms with van der Waals surface area (Å²) in [7, 11) is 1.54. The van der Waals surface area contributed by atoms with E-state index in [-0.39, 0.29) is 6.61 Å². The molecule has 0 fully saturated rings. The molecule has 0 aliphatic carbocycles. The van der Waals surface area contributed by atoms with Gasteiger partial charge in [0.2, 0.25) is 5.88 Å². The van der Waals surface area contributed by atoms with Crippen molar-refractivity contribution in [3.8, 4) is 5.88 Å². The molecule has 0 unspecified atom stereocenters. The monoisotopic (exact) mass is 222 g/mol. The van der Waals surface area contributed by atoms with Crippen molar-refractivity contribution >= 4 is 17.1 Å². The lowest BCUT2D eigenvalue weighted by Crippen LogP contribution is -2.16. The first-order valence-corrected chi connectivity index (χ1v) is 4.64. The first-order valence-electron chi connectivity index (χ1n) is 4.64. The van der Waals surface area contributed by atoms with Crippen molar-refractivity contribution in [1.29, 1.82) is 0 Å². The Kier molecular flexibility index (Phi) is 4.41. The Morgan fingerprint density at radius 2 is 2.31 bits per heavy atom. The summed E-state index contributed by atoms with van der Waals surface area (Å²) in [5, 5.41) is 12.5. The Hall–Kier alpha value is -1.95. The number of aromatic nitrogens is 1. The van der Waals surface area contributed by atoms with Crippen LogP contribution in [0.4, 0.5) is 5.69 Å². The molecule has 1 rings (SSSR count). The molecule has 1 aromatic heterocycles. The highest BCUT2D eigenvalue weighted by atomic mass is 16.5. The van der Waals surface area contributed by atoms with Gasteiger partial charge in [-0.25, -0.2) is 9.98 Å². The summed E-state index contributed by atoms with van der Waals surface area (Å²) < 4.78 is 4.92. The standard InChI is InChI=1S/C10H14N4O2/c1-7(14-11)9(6-15)13-8-3-4-10(16-2)12-5-8/h3-5,15H,6,11H2,1-2H3/b13-9?,14-7-. The second-order valence-electron chi connectivity index (χ2n) is 2.99. The van der Waals surface area contributed by atoms with Crippen molar-refractivity contribution in [2.45, 2.75) is 6.92 Å². The van der Waals surface area contributed by atoms with Crippen LogP contribution in [0.25, 0.3) is 0 Å². The molecular formula is C10H14N4O2. The zero-order valence-corrected chi connectivity index (χ0v) is 9.21. The number of nitrogens with zero attached hydrogens (tertiary/aromatic N) is 3. The van der Waals surface area contributed by atoms with Crippen molar-refractivity contribution in [2.24, 2.45) is 15.9 Å². The number of aliphatic hydroxyl groups excluding tert-OH is 1. The maximum atomic E-state index is 9.08. The van der Waals surface area contributed by atoms with E-state index in [1.807, 2.05) is 0 Å². The van der Waals surface area contributed by atoms with E-state index >= 15 is 0 Å². The molecule has 0 aromatic carbocycles. The molecule has 3 N–H and O–H groups in total. The number of rotatable bonds is 4. The minimum Gasteiger partial charge on any atom is -0.481 e. The van der Waals surface area contributed by atoms with E-state index < -0.39 is 0 Å². The summed E-state index contributed by atoms with van der Waals surface area (Å²) in [6.07, 6.45) is 1.54. The Labute approximate surface area is 93.5 Å². The van der Waals surface area contributed by atoms with Gasteiger partial charge in [0.1, 0.15) is 0 Å². The van der Waals surface area contributed by atoms with Crippen LogP contribution in [0.2, 0.25) is 0 Å². The van der Waals surface area contributed by atoms with E-state index in [0.29, 0.717) is 23.0 Å². The summed E-state index contributed by atoms with van der Waals surface area (Å²) >= 11 is 0. The molecule has 1 aromatic rings. The number of hydrogen-bond acceptors (Lipinski definition) is 6. The SMILES string of the molecule is COc1ccc(N=C(CO)/C(C)=N\N)cn1. The Balaban J connectivity index is 2.95. The minimum atomic E-state index is -0.224. The van der Waals surface area contributed by atoms with Gasteiger partial charge < -0.3 is 15.7 Å². The van der Waals surface area contributed by atoms with Crippen molar-refractivity contribution in [3.63, 3.8) is 0 Å². The smallest absolute Gasteiger partial charge is 0.213 e. The fourth-order valence-corrected chi connectivity index (χ4v) is 1.02. The van der Waals surface area contributed by atoms with E-state index in [4.69, 9.17) is 15.7 Å². The first-order chi connectivity index (χ1) is 7.71. The highest BCUT2D eigenvalue weighted by molar-refractivity contribution is 6.42. The Morgan fingerprint density at radius 3 is 2.75 bits per heavy atom. The van der Waals surface area contributed by atoms with E-state index in [1.165, 1.54) is 13.3 Å². The molecule has 0 radical (unpaired) electrons. The lowest BCUT2D eigenvalue weighted by Gasteiger charge is -2.02. The molecule has 0 bridgehead atoms. The summed E-state index contributed by atoms with van der Waals surface area (Å²) in [6.45, 7) is 1.45. The Morgan fingerprint density at radius 1 is 1.56 bits per heavy atom. The number of nitrogens with two attached hydrogens (primary N) is 1. The van der Waals surface area contributed by atoms with Crippen LogP contribution in [0.5, 0.6) is 5.88 Å². The molecule has 1 heterocycles. The molecule has 0 atom stereocenters. The van der Waals surface area contributed by atoms with Crippen LogP contribution in [-0.2, 0) is 0 Å². The zero-order valence-electron chi connectivity index (χ0n) is 9.21. The molecule has 6 heteroatoms. The van der Waals surface area contributed by atoms with E-state index in [0.717, 1.165) is 0 Å². The van der Waals surface area contributed by atoms with E-state index in [9.17, 15) is 0 Å². The van der Waals surface area contributed by atoms with Gasteiger partial charge in [-0.05, 0) is 13.0 Å². The molecule has 16 heavy (non-hydrogen) atoms. The number of aliphatic hydroxyl groups is 1. The van der Waals surface area contributed by atoms with Crippen LogP contribution < -0.4 is 10.6 Å². The molecule has 6 nitrogen and oxygen atoms in total. The topological polar surface area (TPSA) is 93.1 Å². The average molecular weight is 222 g/mol. The van der Waals surface area contributed by atoms with Gasteiger partial charge in [-0.15, -0.1) is 0 Å². The van der Waals surface area contributed by atoms with Crippen LogP contribution in [0, 0.1) is 0 Å². The summed E-state index contributed by atoms with van der Waals surface area (Å²) in [5.41, 5.74) is 1.50. The highest BCUT2D eigenvalue weighted by Gasteiger charge is 2.02. The van der Waals surface area contributed by atoms with Gasteiger partial charge in [0.25, 0.3) is 0 Å². The van der Waals surface area contributed by atoms with Crippen molar-refractivity contribution in [3.05, 3.63) is 18.3 Å². The molecular weight excluding hydrogens is 208 g/mol. The van der Waals surface area contributed by atoms with Gasteiger partial charge in [-0.3, -0.25) is 0 Å². The number of ether oxygens (including phenoxy) is 1. The van der Waals surface area contributed by atoms with Crippen LogP contribution in [-0.4, -0.2) is 35.2 Å². The van der Waals surface area contributed by atoms with Crippen LogP contribution >= 0.6 is 0 Å². The Bertz CT molecular complexity index is 398. The van der Waals surface area contributed by atoms with E-state index in [2.05, 4.69) is 15.1 Å². The molecule has 0 saturated heterocycles. The zero-order chi connectivity index (χ0) is 12.0. The first kappa shape index (κ1) is 12.1. The molecule has 0 aliphatic heterocycles. The second-order valence-corrected chi connectivity index (χ2v) is 2.99. The molecule has 0 saturated carbocycles. The lowest BCUT2D eigenvalue weighted by atomic mass is 10.2. The number of pyridine rings is 1. The van der Waals surface area contributed by atoms with Crippen LogP contribution in [0.15, 0.2) is 28.4 Å². The maximum Gasteiger partial charge on any atom is 0.213 e. The number of aliphatic imine (C=N–C) groups is 1. The molecule has 86 valence electrons. The predicted octanol–water partition coefficient (Wildman–Crippen LogP) is 0.490. The minimum absolute atomic E-state index is 0.224. The fourth-order valence-electron chi connectivity index (χ4n) is 1.02. The number of hydrogen-bond donors (Lipinski definition) is 2. The van der Waals surface area contributed by atoms with Crippen LogP contribution in [0.1, 0.15) is 6.92 Å². The third-order valence-corrected chi connectivity index (χ3v) is 1.95. The third-order valence-electron chi connectivity index (χ3n) is 1.95.